The maximum atomic E-state index is 6.75. The van der Waals surface area contributed by atoms with Crippen molar-refractivity contribution in [3.63, 3.8) is 0 Å². The average molecular weight is 335 g/mol. The van der Waals surface area contributed by atoms with Gasteiger partial charge >= 0.3 is 0 Å². The summed E-state index contributed by atoms with van der Waals surface area (Å²) in [5, 5.41) is 0. The van der Waals surface area contributed by atoms with Crippen molar-refractivity contribution in [2.24, 2.45) is 10.8 Å². The normalized spacial score (nSPS) is 30.6. The summed E-state index contributed by atoms with van der Waals surface area (Å²) in [6.07, 6.45) is 9.88. The molecule has 1 nitrogen and oxygen atoms in total. The van der Waals surface area contributed by atoms with Gasteiger partial charge in [-0.1, -0.05) is 65.8 Å². The van der Waals surface area contributed by atoms with Crippen molar-refractivity contribution in [1.82, 2.24) is 0 Å². The van der Waals surface area contributed by atoms with E-state index in [0.29, 0.717) is 27.5 Å². The molecule has 23 heavy (non-hydrogen) atoms. The minimum absolute atomic E-state index is 0.529. The number of allylic oxidation sites excluding steroid dienone is 3. The Morgan fingerprint density at radius 1 is 1.04 bits per heavy atom. The zero-order chi connectivity index (χ0) is 17.5. The SMILES string of the molecule is C=C/C(C)=C/C12CC(CCO[Si](C(C)C)(C(C)C)C(C)C)(C1)C2. The van der Waals surface area contributed by atoms with Crippen LogP contribution in [0.3, 0.4) is 0 Å². The maximum Gasteiger partial charge on any atom is 0.200 e. The molecular formula is C21H38OSi. The van der Waals surface area contributed by atoms with Crippen LogP contribution in [0.1, 0.15) is 74.1 Å². The van der Waals surface area contributed by atoms with Gasteiger partial charge in [0, 0.05) is 6.61 Å². The van der Waals surface area contributed by atoms with E-state index < -0.39 is 8.32 Å². The smallest absolute Gasteiger partial charge is 0.200 e. The average Bonchev–Trinajstić information content (AvgIpc) is 2.37. The molecule has 2 heteroatoms. The summed E-state index contributed by atoms with van der Waals surface area (Å²) in [4.78, 5) is 0. The summed E-state index contributed by atoms with van der Waals surface area (Å²) in [5.41, 5.74) is 4.57. The summed E-state index contributed by atoms with van der Waals surface area (Å²) in [7, 11) is -1.67. The van der Waals surface area contributed by atoms with Gasteiger partial charge in [0.15, 0.2) is 8.32 Å². The molecule has 3 saturated carbocycles. The molecule has 0 N–H and O–H groups in total. The van der Waals surface area contributed by atoms with E-state index in [4.69, 9.17) is 4.43 Å². The van der Waals surface area contributed by atoms with Crippen molar-refractivity contribution in [3.8, 4) is 0 Å². The molecule has 3 rings (SSSR count). The monoisotopic (exact) mass is 334 g/mol. The zero-order valence-corrected chi connectivity index (χ0v) is 17.5. The first-order valence-electron chi connectivity index (χ1n) is 9.57. The highest BCUT2D eigenvalue weighted by molar-refractivity contribution is 6.77. The Balaban J connectivity index is 1.88. The summed E-state index contributed by atoms with van der Waals surface area (Å²) in [6.45, 7) is 21.3. The molecule has 0 saturated heterocycles. The van der Waals surface area contributed by atoms with E-state index in [1.54, 1.807) is 0 Å². The van der Waals surface area contributed by atoms with Gasteiger partial charge in [0.25, 0.3) is 0 Å². The zero-order valence-electron chi connectivity index (χ0n) is 16.5. The highest BCUT2D eigenvalue weighted by Gasteiger charge is 2.65. The predicted octanol–water partition coefficient (Wildman–Crippen LogP) is 6.87. The molecule has 0 radical (unpaired) electrons. The molecule has 0 aromatic carbocycles. The van der Waals surface area contributed by atoms with Gasteiger partial charge < -0.3 is 4.43 Å². The Kier molecular flexibility index (Phi) is 5.38. The Hall–Kier alpha value is -0.343. The predicted molar refractivity (Wildman–Crippen MR) is 104 cm³/mol. The highest BCUT2D eigenvalue weighted by Crippen LogP contribution is 2.75. The van der Waals surface area contributed by atoms with Crippen LogP contribution in [0, 0.1) is 10.8 Å². The first-order valence-corrected chi connectivity index (χ1v) is 11.7. The van der Waals surface area contributed by atoms with Crippen molar-refractivity contribution >= 4 is 8.32 Å². The Morgan fingerprint density at radius 3 is 1.91 bits per heavy atom. The third kappa shape index (κ3) is 3.26. The quantitative estimate of drug-likeness (QED) is 0.330. The van der Waals surface area contributed by atoms with Gasteiger partial charge in [-0.25, -0.2) is 0 Å². The molecule has 3 aliphatic rings. The lowest BCUT2D eigenvalue weighted by Gasteiger charge is -2.70. The molecular weight excluding hydrogens is 296 g/mol. The molecule has 0 aliphatic heterocycles. The fourth-order valence-corrected chi connectivity index (χ4v) is 11.4. The maximum absolute atomic E-state index is 6.75. The first kappa shape index (κ1) is 19.0. The van der Waals surface area contributed by atoms with Crippen molar-refractivity contribution in [2.45, 2.75) is 90.8 Å². The van der Waals surface area contributed by atoms with Crippen LogP contribution in [0.5, 0.6) is 0 Å². The fourth-order valence-electron chi connectivity index (χ4n) is 5.99. The van der Waals surface area contributed by atoms with Gasteiger partial charge in [0.2, 0.25) is 0 Å². The number of hydrogen-bond donors (Lipinski definition) is 0. The van der Waals surface area contributed by atoms with E-state index in [1.807, 2.05) is 6.08 Å². The Bertz CT molecular complexity index is 431. The summed E-state index contributed by atoms with van der Waals surface area (Å²) >= 11 is 0. The molecule has 0 amide bonds. The number of hydrogen-bond acceptors (Lipinski definition) is 1. The van der Waals surface area contributed by atoms with Crippen LogP contribution in [-0.2, 0) is 4.43 Å². The van der Waals surface area contributed by atoms with Gasteiger partial charge in [-0.2, -0.15) is 0 Å². The molecule has 0 spiro atoms. The van der Waals surface area contributed by atoms with Crippen molar-refractivity contribution in [2.75, 3.05) is 6.61 Å². The second-order valence-corrected chi connectivity index (χ2v) is 14.9. The molecule has 3 fully saturated rings. The lowest BCUT2D eigenvalue weighted by Crippen LogP contribution is -2.61. The molecule has 132 valence electrons. The highest BCUT2D eigenvalue weighted by atomic mass is 28.4. The molecule has 3 aliphatic carbocycles. The molecule has 0 unspecified atom stereocenters. The van der Waals surface area contributed by atoms with E-state index in [-0.39, 0.29) is 0 Å². The summed E-state index contributed by atoms with van der Waals surface area (Å²) < 4.78 is 6.75. The molecule has 0 aromatic heterocycles. The molecule has 0 heterocycles. The standard InChI is InChI=1S/C21H38OSi/c1-9-19(8)12-21-13-20(14-21,15-21)10-11-22-23(16(2)3,17(4)5)18(6)7/h9,12,16-18H,1,10-11,13-15H2,2-8H3/b19-12+. The van der Waals surface area contributed by atoms with Crippen LogP contribution in [0.15, 0.2) is 24.3 Å². The molecule has 2 bridgehead atoms. The second kappa shape index (κ2) is 6.52. The van der Waals surface area contributed by atoms with Gasteiger partial charge in [-0.15, -0.1) is 0 Å². The largest absolute Gasteiger partial charge is 0.416 e. The number of rotatable bonds is 9. The minimum Gasteiger partial charge on any atom is -0.416 e. The third-order valence-corrected chi connectivity index (χ3v) is 12.8. The van der Waals surface area contributed by atoms with Crippen LogP contribution in [0.25, 0.3) is 0 Å². The van der Waals surface area contributed by atoms with Crippen molar-refractivity contribution < 1.29 is 4.43 Å². The van der Waals surface area contributed by atoms with Crippen LogP contribution >= 0.6 is 0 Å². The van der Waals surface area contributed by atoms with Crippen LogP contribution in [-0.4, -0.2) is 14.9 Å². The van der Waals surface area contributed by atoms with E-state index >= 15 is 0 Å². The minimum atomic E-state index is -1.67. The van der Waals surface area contributed by atoms with Crippen molar-refractivity contribution in [3.05, 3.63) is 24.3 Å². The van der Waals surface area contributed by atoms with Gasteiger partial charge in [-0.3, -0.25) is 0 Å². The third-order valence-electron chi connectivity index (χ3n) is 6.73. The van der Waals surface area contributed by atoms with E-state index in [0.717, 1.165) is 6.61 Å². The summed E-state index contributed by atoms with van der Waals surface area (Å²) in [5.74, 6) is 0. The lowest BCUT2D eigenvalue weighted by atomic mass is 9.34. The van der Waals surface area contributed by atoms with Gasteiger partial charge in [-0.05, 0) is 60.1 Å². The Morgan fingerprint density at radius 2 is 1.52 bits per heavy atom. The van der Waals surface area contributed by atoms with Gasteiger partial charge in [0.05, 0.1) is 0 Å². The van der Waals surface area contributed by atoms with Gasteiger partial charge in [0.1, 0.15) is 0 Å². The van der Waals surface area contributed by atoms with E-state index in [2.05, 4.69) is 61.1 Å². The first-order chi connectivity index (χ1) is 10.6. The second-order valence-electron chi connectivity index (χ2n) is 9.40. The van der Waals surface area contributed by atoms with Crippen LogP contribution in [0.4, 0.5) is 0 Å². The van der Waals surface area contributed by atoms with Crippen molar-refractivity contribution in [1.29, 1.82) is 0 Å². The van der Waals surface area contributed by atoms with E-state index in [9.17, 15) is 0 Å². The molecule has 0 aromatic rings. The lowest BCUT2D eigenvalue weighted by molar-refractivity contribution is -0.177. The van der Waals surface area contributed by atoms with Crippen LogP contribution < -0.4 is 0 Å². The molecule has 0 atom stereocenters. The fraction of sp³-hybridized carbons (Fsp3) is 0.810. The topological polar surface area (TPSA) is 9.23 Å². The summed E-state index contributed by atoms with van der Waals surface area (Å²) in [6, 6.07) is 0. The van der Waals surface area contributed by atoms with E-state index in [1.165, 1.54) is 31.3 Å². The Labute approximate surface area is 145 Å². The van der Waals surface area contributed by atoms with Crippen LogP contribution in [0.2, 0.25) is 16.6 Å².